The summed E-state index contributed by atoms with van der Waals surface area (Å²) in [6, 6.07) is 21.5. The van der Waals surface area contributed by atoms with Gasteiger partial charge in [-0.15, -0.1) is 0 Å². The van der Waals surface area contributed by atoms with Gasteiger partial charge in [0.1, 0.15) is 11.5 Å². The molecule has 0 bridgehead atoms. The first-order chi connectivity index (χ1) is 17.9. The molecular formula is C31H34N2O4. The van der Waals surface area contributed by atoms with Crippen molar-refractivity contribution in [2.45, 2.75) is 40.2 Å². The van der Waals surface area contributed by atoms with Gasteiger partial charge in [-0.05, 0) is 86.8 Å². The van der Waals surface area contributed by atoms with Gasteiger partial charge in [-0.25, -0.2) is 0 Å². The van der Waals surface area contributed by atoms with E-state index in [4.69, 9.17) is 4.74 Å². The molecule has 0 radical (unpaired) electrons. The number of hydrogen-bond acceptors (Lipinski definition) is 5. The molecule has 0 saturated carbocycles. The molecule has 37 heavy (non-hydrogen) atoms. The second-order valence-corrected chi connectivity index (χ2v) is 9.09. The lowest BCUT2D eigenvalue weighted by molar-refractivity contribution is -0.132. The molecule has 1 saturated heterocycles. The molecule has 1 heterocycles. The molecule has 0 aromatic heterocycles. The SMILES string of the molecule is CCCOc1ccc(/C(O)=C2\C(=O)C(=O)N(c3ccc(N(CC)CC)cc3)C2c2ccccc2C)cc1. The van der Waals surface area contributed by atoms with Gasteiger partial charge < -0.3 is 14.7 Å². The minimum Gasteiger partial charge on any atom is -0.507 e. The molecule has 4 rings (SSSR count). The first-order valence-electron chi connectivity index (χ1n) is 12.9. The van der Waals surface area contributed by atoms with Crippen LogP contribution >= 0.6 is 0 Å². The predicted molar refractivity (Wildman–Crippen MR) is 148 cm³/mol. The van der Waals surface area contributed by atoms with Crippen LogP contribution in [0.2, 0.25) is 0 Å². The van der Waals surface area contributed by atoms with Crippen LogP contribution in [0, 0.1) is 6.92 Å². The zero-order valence-corrected chi connectivity index (χ0v) is 21.9. The molecule has 1 fully saturated rings. The molecular weight excluding hydrogens is 464 g/mol. The number of hydrogen-bond donors (Lipinski definition) is 1. The first kappa shape index (κ1) is 26.0. The van der Waals surface area contributed by atoms with E-state index >= 15 is 0 Å². The lowest BCUT2D eigenvalue weighted by atomic mass is 9.92. The number of aliphatic hydroxyl groups is 1. The van der Waals surface area contributed by atoms with E-state index in [0.29, 0.717) is 23.6 Å². The number of Topliss-reactive ketones (excluding diaryl/α,β-unsaturated/α-hetero) is 1. The molecule has 3 aromatic carbocycles. The molecule has 0 aliphatic carbocycles. The number of benzene rings is 3. The Morgan fingerprint density at radius 2 is 1.57 bits per heavy atom. The number of ketones is 1. The summed E-state index contributed by atoms with van der Waals surface area (Å²) >= 11 is 0. The average molecular weight is 499 g/mol. The zero-order chi connectivity index (χ0) is 26.5. The standard InChI is InChI=1S/C31H34N2O4/c1-5-20-37-25-18-12-22(13-19-25)29(34)27-28(26-11-9-8-10-21(26)4)33(31(36)30(27)35)24-16-14-23(15-17-24)32(6-2)7-3/h8-19,28,34H,5-7,20H2,1-4H3/b29-27+. The number of aliphatic hydroxyl groups excluding tert-OH is 1. The van der Waals surface area contributed by atoms with E-state index in [1.807, 2.05) is 62.4 Å². The summed E-state index contributed by atoms with van der Waals surface area (Å²) in [5.74, 6) is -0.878. The third-order valence-electron chi connectivity index (χ3n) is 6.78. The Hall–Kier alpha value is -4.06. The van der Waals surface area contributed by atoms with Gasteiger partial charge in [-0.3, -0.25) is 14.5 Å². The Morgan fingerprint density at radius 3 is 2.16 bits per heavy atom. The number of rotatable bonds is 9. The smallest absolute Gasteiger partial charge is 0.300 e. The summed E-state index contributed by atoms with van der Waals surface area (Å²) < 4.78 is 5.65. The number of carbonyl (C=O) groups excluding carboxylic acids is 2. The monoisotopic (exact) mass is 498 g/mol. The lowest BCUT2D eigenvalue weighted by Crippen LogP contribution is -2.30. The van der Waals surface area contributed by atoms with Crippen molar-refractivity contribution in [2.75, 3.05) is 29.5 Å². The summed E-state index contributed by atoms with van der Waals surface area (Å²) in [5.41, 5.74) is 3.90. The van der Waals surface area contributed by atoms with Crippen molar-refractivity contribution < 1.29 is 19.4 Å². The summed E-state index contributed by atoms with van der Waals surface area (Å²) in [6.45, 7) is 10.5. The van der Waals surface area contributed by atoms with Crippen molar-refractivity contribution in [1.29, 1.82) is 0 Å². The molecule has 1 aliphatic heterocycles. The van der Waals surface area contributed by atoms with Gasteiger partial charge in [0, 0.05) is 30.0 Å². The van der Waals surface area contributed by atoms with E-state index in [-0.39, 0.29) is 11.3 Å². The second kappa shape index (κ2) is 11.3. The number of nitrogens with zero attached hydrogens (tertiary/aromatic N) is 2. The number of anilines is 2. The Morgan fingerprint density at radius 1 is 0.919 bits per heavy atom. The quantitative estimate of drug-likeness (QED) is 0.214. The van der Waals surface area contributed by atoms with Crippen LogP contribution in [0.25, 0.3) is 5.76 Å². The topological polar surface area (TPSA) is 70.1 Å². The van der Waals surface area contributed by atoms with Crippen molar-refractivity contribution in [1.82, 2.24) is 0 Å². The molecule has 6 nitrogen and oxygen atoms in total. The van der Waals surface area contributed by atoms with Crippen LogP contribution in [0.1, 0.15) is 49.9 Å². The first-order valence-corrected chi connectivity index (χ1v) is 12.9. The van der Waals surface area contributed by atoms with Crippen LogP contribution in [-0.2, 0) is 9.59 Å². The van der Waals surface area contributed by atoms with Gasteiger partial charge in [0.05, 0.1) is 18.2 Å². The Balaban J connectivity index is 1.82. The van der Waals surface area contributed by atoms with Gasteiger partial charge in [-0.1, -0.05) is 31.2 Å². The maximum atomic E-state index is 13.5. The molecule has 0 spiro atoms. The summed E-state index contributed by atoms with van der Waals surface area (Å²) in [4.78, 5) is 30.6. The Labute approximate surface area is 218 Å². The summed E-state index contributed by atoms with van der Waals surface area (Å²) in [5, 5.41) is 11.4. The third-order valence-corrected chi connectivity index (χ3v) is 6.78. The van der Waals surface area contributed by atoms with Crippen LogP contribution < -0.4 is 14.5 Å². The fourth-order valence-electron chi connectivity index (χ4n) is 4.78. The Bertz CT molecular complexity index is 1290. The fraction of sp³-hybridized carbons (Fsp3) is 0.290. The van der Waals surface area contributed by atoms with E-state index in [1.165, 1.54) is 4.90 Å². The highest BCUT2D eigenvalue weighted by atomic mass is 16.5. The molecule has 1 N–H and O–H groups in total. The third kappa shape index (κ3) is 5.10. The van der Waals surface area contributed by atoms with Gasteiger partial charge in [-0.2, -0.15) is 0 Å². The largest absolute Gasteiger partial charge is 0.507 e. The van der Waals surface area contributed by atoms with E-state index in [1.54, 1.807) is 24.3 Å². The van der Waals surface area contributed by atoms with Crippen molar-refractivity contribution in [3.8, 4) is 5.75 Å². The van der Waals surface area contributed by atoms with Crippen LogP contribution in [0.4, 0.5) is 11.4 Å². The molecule has 1 atom stereocenters. The highest BCUT2D eigenvalue weighted by Crippen LogP contribution is 2.43. The van der Waals surface area contributed by atoms with E-state index in [0.717, 1.165) is 36.3 Å². The minimum atomic E-state index is -0.753. The molecule has 192 valence electrons. The molecule has 6 heteroatoms. The number of amides is 1. The van der Waals surface area contributed by atoms with Crippen molar-refractivity contribution >= 4 is 28.8 Å². The molecule has 1 aliphatic rings. The van der Waals surface area contributed by atoms with Crippen LogP contribution in [0.15, 0.2) is 78.4 Å². The van der Waals surface area contributed by atoms with Crippen molar-refractivity contribution in [2.24, 2.45) is 0 Å². The van der Waals surface area contributed by atoms with Gasteiger partial charge in [0.15, 0.2) is 0 Å². The summed E-state index contributed by atoms with van der Waals surface area (Å²) in [6.07, 6.45) is 0.886. The molecule has 1 unspecified atom stereocenters. The number of ether oxygens (including phenoxy) is 1. The zero-order valence-electron chi connectivity index (χ0n) is 21.9. The minimum absolute atomic E-state index is 0.0781. The maximum absolute atomic E-state index is 13.5. The average Bonchev–Trinajstić information content (AvgIpc) is 3.18. The van der Waals surface area contributed by atoms with Gasteiger partial charge in [0.25, 0.3) is 11.7 Å². The molecule has 3 aromatic rings. The van der Waals surface area contributed by atoms with E-state index in [2.05, 4.69) is 18.7 Å². The lowest BCUT2D eigenvalue weighted by Gasteiger charge is -2.27. The second-order valence-electron chi connectivity index (χ2n) is 9.09. The predicted octanol–water partition coefficient (Wildman–Crippen LogP) is 6.26. The number of carbonyl (C=O) groups is 2. The van der Waals surface area contributed by atoms with E-state index < -0.39 is 17.7 Å². The van der Waals surface area contributed by atoms with E-state index in [9.17, 15) is 14.7 Å². The highest BCUT2D eigenvalue weighted by Gasteiger charge is 2.47. The fourth-order valence-corrected chi connectivity index (χ4v) is 4.78. The highest BCUT2D eigenvalue weighted by molar-refractivity contribution is 6.51. The van der Waals surface area contributed by atoms with Gasteiger partial charge >= 0.3 is 0 Å². The normalized spacial score (nSPS) is 16.8. The Kier molecular flexibility index (Phi) is 7.97. The number of aryl methyl sites for hydroxylation is 1. The maximum Gasteiger partial charge on any atom is 0.300 e. The van der Waals surface area contributed by atoms with Crippen LogP contribution in [0.5, 0.6) is 5.75 Å². The van der Waals surface area contributed by atoms with Gasteiger partial charge in [0.2, 0.25) is 0 Å². The molecule has 1 amide bonds. The van der Waals surface area contributed by atoms with Crippen molar-refractivity contribution in [3.05, 3.63) is 95.1 Å². The van der Waals surface area contributed by atoms with Crippen LogP contribution in [0.3, 0.4) is 0 Å². The van der Waals surface area contributed by atoms with Crippen molar-refractivity contribution in [3.63, 3.8) is 0 Å². The van der Waals surface area contributed by atoms with Crippen LogP contribution in [-0.4, -0.2) is 36.5 Å². The summed E-state index contributed by atoms with van der Waals surface area (Å²) in [7, 11) is 0.